The predicted octanol–water partition coefficient (Wildman–Crippen LogP) is 6.77. The first-order chi connectivity index (χ1) is 16.9. The van der Waals surface area contributed by atoms with Gasteiger partial charge in [0, 0.05) is 18.0 Å². The fourth-order valence-corrected chi connectivity index (χ4v) is 5.38. The molecule has 0 fully saturated rings. The number of phosphoric ester groups is 1. The highest BCUT2D eigenvalue weighted by atomic mass is 31.2. The summed E-state index contributed by atoms with van der Waals surface area (Å²) in [5.74, 6) is 0.354. The van der Waals surface area contributed by atoms with Crippen molar-refractivity contribution in [1.29, 1.82) is 0 Å². The lowest BCUT2D eigenvalue weighted by Crippen LogP contribution is -2.30. The third-order valence-corrected chi connectivity index (χ3v) is 7.33. The number of amides is 1. The molecule has 1 aromatic rings. The van der Waals surface area contributed by atoms with Crippen LogP contribution in [-0.2, 0) is 20.0 Å². The smallest absolute Gasteiger partial charge is 0.472 e. The predicted molar refractivity (Wildman–Crippen MR) is 141 cm³/mol. The summed E-state index contributed by atoms with van der Waals surface area (Å²) in [6.07, 6.45) is 6.64. The Hall–Kier alpha value is -2.12. The second kappa shape index (κ2) is 14.0. The summed E-state index contributed by atoms with van der Waals surface area (Å²) in [6.45, 7) is 13.3. The number of nitrogens with one attached hydrogen (secondary N) is 1. The van der Waals surface area contributed by atoms with Crippen molar-refractivity contribution < 1.29 is 33.1 Å². The van der Waals surface area contributed by atoms with Gasteiger partial charge in [-0.15, -0.1) is 0 Å². The van der Waals surface area contributed by atoms with E-state index in [1.54, 1.807) is 19.9 Å². The molecular formula is C27H42NO7P. The Morgan fingerprint density at radius 1 is 1.31 bits per heavy atom. The lowest BCUT2D eigenvalue weighted by molar-refractivity contribution is 0.120. The summed E-state index contributed by atoms with van der Waals surface area (Å²) in [5.41, 5.74) is 3.69. The zero-order chi connectivity index (χ0) is 26.9. The van der Waals surface area contributed by atoms with Crippen molar-refractivity contribution >= 4 is 13.9 Å². The van der Waals surface area contributed by atoms with Gasteiger partial charge in [0.15, 0.2) is 0 Å². The number of aryl methyl sites for hydroxylation is 1. The number of phenols is 1. The van der Waals surface area contributed by atoms with E-state index in [2.05, 4.69) is 31.8 Å². The van der Waals surface area contributed by atoms with Crippen molar-refractivity contribution in [1.82, 2.24) is 5.32 Å². The largest absolute Gasteiger partial charge is 0.507 e. The second-order valence-electron chi connectivity index (χ2n) is 9.79. The number of rotatable bonds is 13. The van der Waals surface area contributed by atoms with Gasteiger partial charge in [-0.05, 0) is 77.0 Å². The summed E-state index contributed by atoms with van der Waals surface area (Å²) in [5, 5.41) is 13.6. The minimum Gasteiger partial charge on any atom is -0.507 e. The lowest BCUT2D eigenvalue weighted by atomic mass is 9.73. The van der Waals surface area contributed by atoms with Gasteiger partial charge in [-0.25, -0.2) is 9.36 Å². The first-order valence-electron chi connectivity index (χ1n) is 12.7. The monoisotopic (exact) mass is 523 g/mol. The maximum absolute atomic E-state index is 12.6. The van der Waals surface area contributed by atoms with Crippen molar-refractivity contribution in [3.63, 3.8) is 0 Å². The highest BCUT2D eigenvalue weighted by Gasteiger charge is 2.31. The van der Waals surface area contributed by atoms with Gasteiger partial charge >= 0.3 is 13.9 Å². The molecular weight excluding hydrogens is 481 g/mol. The number of benzene rings is 1. The number of allylic oxidation sites excluding steroid dienone is 3. The first kappa shape index (κ1) is 30.1. The number of aromatic hydroxyl groups is 1. The maximum atomic E-state index is 12.6. The Kier molecular flexibility index (Phi) is 11.7. The van der Waals surface area contributed by atoms with Crippen molar-refractivity contribution in [2.45, 2.75) is 85.2 Å². The van der Waals surface area contributed by atoms with E-state index in [4.69, 9.17) is 13.8 Å². The highest BCUT2D eigenvalue weighted by Crippen LogP contribution is 2.47. The van der Waals surface area contributed by atoms with Crippen LogP contribution in [0.5, 0.6) is 11.5 Å². The quantitative estimate of drug-likeness (QED) is 0.148. The Balaban J connectivity index is 2.23. The molecule has 0 bridgehead atoms. The van der Waals surface area contributed by atoms with E-state index in [1.165, 1.54) is 5.57 Å². The van der Waals surface area contributed by atoms with E-state index >= 15 is 0 Å². The summed E-state index contributed by atoms with van der Waals surface area (Å²) < 4.78 is 27.2. The van der Waals surface area contributed by atoms with Gasteiger partial charge in [-0.1, -0.05) is 43.6 Å². The fraction of sp³-hybridized carbons (Fsp3) is 0.593. The van der Waals surface area contributed by atoms with Crippen LogP contribution in [0.15, 0.2) is 35.9 Å². The van der Waals surface area contributed by atoms with E-state index < -0.39 is 20.0 Å². The van der Waals surface area contributed by atoms with E-state index in [1.807, 2.05) is 13.0 Å². The second-order valence-corrected chi connectivity index (χ2v) is 11.2. The molecule has 0 saturated carbocycles. The summed E-state index contributed by atoms with van der Waals surface area (Å²) in [6, 6.07) is 3.59. The molecule has 36 heavy (non-hydrogen) atoms. The molecule has 8 nitrogen and oxygen atoms in total. The van der Waals surface area contributed by atoms with Gasteiger partial charge in [0.2, 0.25) is 0 Å². The van der Waals surface area contributed by atoms with Crippen LogP contribution in [0, 0.1) is 5.92 Å². The molecule has 3 N–H and O–H groups in total. The lowest BCUT2D eigenvalue weighted by Gasteiger charge is -2.32. The number of phosphoric acid groups is 1. The topological polar surface area (TPSA) is 114 Å². The molecule has 1 amide bonds. The number of hydrogen-bond donors (Lipinski definition) is 3. The maximum Gasteiger partial charge on any atom is 0.472 e. The number of hydrogen-bond acceptors (Lipinski definition) is 6. The Labute approximate surface area is 215 Å². The van der Waals surface area contributed by atoms with E-state index in [9.17, 15) is 19.4 Å². The molecule has 9 heteroatoms. The SMILES string of the molecule is C=C(C)[C@@H]1CCC(C)=C[C@H]1c1c(O)cc(CCCCC)cc1OC(=O)NCCOP(=O)(O)OC(C)C. The van der Waals surface area contributed by atoms with Gasteiger partial charge in [0.1, 0.15) is 11.5 Å². The van der Waals surface area contributed by atoms with Crippen molar-refractivity contribution in [2.24, 2.45) is 5.92 Å². The molecule has 0 spiro atoms. The van der Waals surface area contributed by atoms with Crippen LogP contribution >= 0.6 is 7.82 Å². The molecule has 1 aromatic carbocycles. The molecule has 1 aliphatic carbocycles. The number of carbonyl (C=O) groups excluding carboxylic acids is 1. The highest BCUT2D eigenvalue weighted by molar-refractivity contribution is 7.47. The number of phenolic OH excluding ortho intramolecular Hbond substituents is 1. The third kappa shape index (κ3) is 9.40. The molecule has 0 heterocycles. The van der Waals surface area contributed by atoms with E-state index in [0.29, 0.717) is 11.3 Å². The number of unbranched alkanes of at least 4 members (excludes halogenated alkanes) is 2. The van der Waals surface area contributed by atoms with Crippen LogP contribution in [0.3, 0.4) is 0 Å². The van der Waals surface area contributed by atoms with Crippen LogP contribution in [0.25, 0.3) is 0 Å². The summed E-state index contributed by atoms with van der Waals surface area (Å²) in [7, 11) is -4.19. The standard InChI is InChI=1S/C27H42NO7P/c1-7-8-9-10-21-16-24(29)26(23-15-20(6)11-12-22(23)18(2)3)25(17-21)34-27(30)28-13-14-33-36(31,32)35-19(4)5/h15-17,19,22-23,29H,2,7-14H2,1,3-6H3,(H,28,30)(H,31,32)/t22-,23+/m0/s1. The van der Waals surface area contributed by atoms with Gasteiger partial charge in [-0.2, -0.15) is 0 Å². The van der Waals surface area contributed by atoms with Gasteiger partial charge in [0.05, 0.1) is 12.7 Å². The van der Waals surface area contributed by atoms with Crippen LogP contribution < -0.4 is 10.1 Å². The Morgan fingerprint density at radius 2 is 2.03 bits per heavy atom. The molecule has 1 unspecified atom stereocenters. The normalized spacial score (nSPS) is 19.5. The fourth-order valence-electron chi connectivity index (χ4n) is 4.46. The number of carbonyl (C=O) groups is 1. The van der Waals surface area contributed by atoms with Gasteiger partial charge in [-0.3, -0.25) is 9.05 Å². The molecule has 0 saturated heterocycles. The molecule has 0 aliphatic heterocycles. The Bertz CT molecular complexity index is 989. The molecule has 1 aliphatic rings. The minimum atomic E-state index is -4.19. The molecule has 3 atom stereocenters. The van der Waals surface area contributed by atoms with Crippen LogP contribution in [0.2, 0.25) is 0 Å². The molecule has 2 rings (SSSR count). The average molecular weight is 524 g/mol. The minimum absolute atomic E-state index is 0.0564. The van der Waals surface area contributed by atoms with Gasteiger partial charge in [0.25, 0.3) is 0 Å². The van der Waals surface area contributed by atoms with Crippen LogP contribution in [0.4, 0.5) is 4.79 Å². The average Bonchev–Trinajstić information content (AvgIpc) is 2.75. The zero-order valence-corrected chi connectivity index (χ0v) is 23.1. The van der Waals surface area contributed by atoms with Crippen molar-refractivity contribution in [3.05, 3.63) is 47.1 Å². The first-order valence-corrected chi connectivity index (χ1v) is 14.2. The summed E-state index contributed by atoms with van der Waals surface area (Å²) >= 11 is 0. The number of ether oxygens (including phenoxy) is 1. The van der Waals surface area contributed by atoms with E-state index in [0.717, 1.165) is 49.7 Å². The molecule has 0 aromatic heterocycles. The Morgan fingerprint density at radius 3 is 2.67 bits per heavy atom. The van der Waals surface area contributed by atoms with E-state index in [-0.39, 0.29) is 30.7 Å². The van der Waals surface area contributed by atoms with Crippen molar-refractivity contribution in [3.8, 4) is 11.5 Å². The zero-order valence-electron chi connectivity index (χ0n) is 22.2. The van der Waals surface area contributed by atoms with Crippen LogP contribution in [0.1, 0.15) is 83.8 Å². The third-order valence-electron chi connectivity index (χ3n) is 6.14. The molecule has 0 radical (unpaired) electrons. The van der Waals surface area contributed by atoms with Gasteiger partial charge < -0.3 is 20.1 Å². The molecule has 202 valence electrons. The van der Waals surface area contributed by atoms with Crippen molar-refractivity contribution in [2.75, 3.05) is 13.2 Å². The summed E-state index contributed by atoms with van der Waals surface area (Å²) in [4.78, 5) is 22.3. The van der Waals surface area contributed by atoms with Crippen LogP contribution in [-0.4, -0.2) is 35.3 Å².